The molecule has 0 radical (unpaired) electrons. The number of aliphatic hydroxyl groups excluding tert-OH is 2. The molecule has 0 aromatic rings. The summed E-state index contributed by atoms with van der Waals surface area (Å²) in [6.07, 6.45) is 83.4. The van der Waals surface area contributed by atoms with Gasteiger partial charge in [0.2, 0.25) is 5.91 Å². The van der Waals surface area contributed by atoms with Gasteiger partial charge in [-0.25, -0.2) is 0 Å². The molecule has 0 fully saturated rings. The SMILES string of the molecule is CCCCCCC/C=C\CCCCCCCC(=O)OCCCCCCCCCCC/C=C\C/C=C\CCCCCCCCCCCCCCCCCCCC(=O)NC(CO)C(O)CCCCCCCCCCCCCC. The summed E-state index contributed by atoms with van der Waals surface area (Å²) in [6, 6.07) is -0.539. The summed E-state index contributed by atoms with van der Waals surface area (Å²) in [4.78, 5) is 24.5. The van der Waals surface area contributed by atoms with Gasteiger partial charge in [0.15, 0.2) is 0 Å². The normalized spacial score (nSPS) is 12.7. The zero-order valence-electron chi connectivity index (χ0n) is 51.3. The maximum absolute atomic E-state index is 12.5. The van der Waals surface area contributed by atoms with E-state index in [4.69, 9.17) is 4.74 Å². The molecule has 0 spiro atoms. The van der Waals surface area contributed by atoms with Crippen LogP contribution >= 0.6 is 0 Å². The summed E-state index contributed by atoms with van der Waals surface area (Å²) in [5, 5.41) is 23.2. The molecule has 0 saturated heterocycles. The van der Waals surface area contributed by atoms with Crippen molar-refractivity contribution in [1.29, 1.82) is 0 Å². The molecule has 0 aromatic carbocycles. The van der Waals surface area contributed by atoms with Crippen LogP contribution in [0.3, 0.4) is 0 Å². The second-order valence-corrected chi connectivity index (χ2v) is 23.5. The van der Waals surface area contributed by atoms with Crippen LogP contribution in [0, 0.1) is 0 Å². The molecule has 76 heavy (non-hydrogen) atoms. The van der Waals surface area contributed by atoms with E-state index in [-0.39, 0.29) is 18.5 Å². The van der Waals surface area contributed by atoms with E-state index >= 15 is 0 Å². The van der Waals surface area contributed by atoms with Gasteiger partial charge in [-0.15, -0.1) is 0 Å². The number of rotatable bonds is 64. The minimum atomic E-state index is -0.662. The first-order valence-corrected chi connectivity index (χ1v) is 34.2. The summed E-state index contributed by atoms with van der Waals surface area (Å²) in [6.45, 7) is 4.95. The highest BCUT2D eigenvalue weighted by Gasteiger charge is 2.20. The van der Waals surface area contributed by atoms with Gasteiger partial charge in [0.25, 0.3) is 0 Å². The van der Waals surface area contributed by atoms with Gasteiger partial charge in [-0.2, -0.15) is 0 Å². The molecule has 0 aromatic heterocycles. The Hall–Kier alpha value is -1.92. The summed E-state index contributed by atoms with van der Waals surface area (Å²) >= 11 is 0. The van der Waals surface area contributed by atoms with Crippen LogP contribution in [0.4, 0.5) is 0 Å². The molecule has 0 aliphatic rings. The third kappa shape index (κ3) is 61.3. The fourth-order valence-electron chi connectivity index (χ4n) is 10.7. The smallest absolute Gasteiger partial charge is 0.305 e. The van der Waals surface area contributed by atoms with E-state index in [1.54, 1.807) is 0 Å². The second-order valence-electron chi connectivity index (χ2n) is 23.5. The molecule has 448 valence electrons. The summed E-state index contributed by atoms with van der Waals surface area (Å²) in [7, 11) is 0. The lowest BCUT2D eigenvalue weighted by atomic mass is 10.0. The van der Waals surface area contributed by atoms with Gasteiger partial charge >= 0.3 is 5.97 Å². The van der Waals surface area contributed by atoms with E-state index in [0.29, 0.717) is 25.9 Å². The second kappa shape index (κ2) is 65.6. The number of amides is 1. The van der Waals surface area contributed by atoms with Crippen molar-refractivity contribution < 1.29 is 24.5 Å². The lowest BCUT2D eigenvalue weighted by molar-refractivity contribution is -0.143. The predicted octanol–water partition coefficient (Wildman–Crippen LogP) is 21.9. The molecule has 1 amide bonds. The van der Waals surface area contributed by atoms with Crippen molar-refractivity contribution in [3.05, 3.63) is 36.5 Å². The number of hydrogen-bond donors (Lipinski definition) is 3. The first kappa shape index (κ1) is 74.1. The summed E-state index contributed by atoms with van der Waals surface area (Å²) in [5.41, 5.74) is 0. The average molecular weight is 1070 g/mol. The molecule has 0 heterocycles. The van der Waals surface area contributed by atoms with Gasteiger partial charge < -0.3 is 20.3 Å². The van der Waals surface area contributed by atoms with Gasteiger partial charge in [-0.05, 0) is 83.5 Å². The van der Waals surface area contributed by atoms with Gasteiger partial charge in [0, 0.05) is 12.8 Å². The van der Waals surface area contributed by atoms with Crippen LogP contribution in [0.2, 0.25) is 0 Å². The zero-order chi connectivity index (χ0) is 55.0. The van der Waals surface area contributed by atoms with Crippen molar-refractivity contribution in [1.82, 2.24) is 5.32 Å². The molecule has 0 aliphatic heterocycles. The van der Waals surface area contributed by atoms with Gasteiger partial charge in [-0.1, -0.05) is 314 Å². The Labute approximate surface area is 474 Å². The van der Waals surface area contributed by atoms with Crippen LogP contribution in [0.5, 0.6) is 0 Å². The van der Waals surface area contributed by atoms with Crippen LogP contribution in [-0.4, -0.2) is 47.4 Å². The van der Waals surface area contributed by atoms with Crippen molar-refractivity contribution in [2.45, 2.75) is 386 Å². The molecule has 0 saturated carbocycles. The lowest BCUT2D eigenvalue weighted by Crippen LogP contribution is -2.45. The summed E-state index contributed by atoms with van der Waals surface area (Å²) in [5.74, 6) is -0.0264. The maximum atomic E-state index is 12.5. The predicted molar refractivity (Wildman–Crippen MR) is 333 cm³/mol. The van der Waals surface area contributed by atoms with E-state index in [0.717, 1.165) is 51.4 Å². The van der Waals surface area contributed by atoms with Gasteiger partial charge in [0.1, 0.15) is 0 Å². The number of allylic oxidation sites excluding steroid dienone is 6. The minimum absolute atomic E-state index is 0.00578. The number of unbranched alkanes of at least 4 members (excludes halogenated alkanes) is 47. The Morgan fingerprint density at radius 1 is 0.368 bits per heavy atom. The van der Waals surface area contributed by atoms with Crippen molar-refractivity contribution in [2.75, 3.05) is 13.2 Å². The van der Waals surface area contributed by atoms with Gasteiger partial charge in [0.05, 0.1) is 25.4 Å². The van der Waals surface area contributed by atoms with E-state index in [1.807, 2.05) is 0 Å². The first-order valence-electron chi connectivity index (χ1n) is 34.2. The largest absolute Gasteiger partial charge is 0.466 e. The third-order valence-corrected chi connectivity index (χ3v) is 15.9. The van der Waals surface area contributed by atoms with Crippen LogP contribution in [0.25, 0.3) is 0 Å². The fourth-order valence-corrected chi connectivity index (χ4v) is 10.7. The van der Waals surface area contributed by atoms with Crippen molar-refractivity contribution in [3.8, 4) is 0 Å². The third-order valence-electron chi connectivity index (χ3n) is 15.9. The fraction of sp³-hybridized carbons (Fsp3) is 0.886. The molecule has 6 nitrogen and oxygen atoms in total. The molecule has 2 unspecified atom stereocenters. The first-order chi connectivity index (χ1) is 37.5. The van der Waals surface area contributed by atoms with Crippen molar-refractivity contribution in [3.63, 3.8) is 0 Å². The molecule has 2 atom stereocenters. The lowest BCUT2D eigenvalue weighted by Gasteiger charge is -2.22. The van der Waals surface area contributed by atoms with Crippen LogP contribution < -0.4 is 5.32 Å². The molecule has 0 bridgehead atoms. The zero-order valence-corrected chi connectivity index (χ0v) is 51.3. The van der Waals surface area contributed by atoms with Crippen LogP contribution in [-0.2, 0) is 14.3 Å². The Morgan fingerprint density at radius 2 is 0.658 bits per heavy atom. The molecule has 6 heteroatoms. The summed E-state index contributed by atoms with van der Waals surface area (Å²) < 4.78 is 5.48. The van der Waals surface area contributed by atoms with E-state index in [1.165, 1.54) is 289 Å². The number of carbonyl (C=O) groups excluding carboxylic acids is 2. The number of aliphatic hydroxyl groups is 2. The maximum Gasteiger partial charge on any atom is 0.305 e. The molecule has 3 N–H and O–H groups in total. The number of carbonyl (C=O) groups is 2. The standard InChI is InChI=1S/C70H133NO5/c1-3-5-7-9-11-13-15-17-40-44-48-52-56-60-64-70(75)76-65-61-57-53-49-45-41-38-36-34-32-30-28-26-24-22-20-18-19-21-23-25-27-29-31-33-35-37-39-43-47-51-55-59-63-69(74)71-67(66-72)68(73)62-58-54-50-46-42-16-14-12-10-8-6-4-2/h15,17,22,24,28,30,67-68,72-73H,3-14,16,18-21,23,25-27,29,31-66H2,1-2H3,(H,71,74)/b17-15-,24-22-,30-28-. The van der Waals surface area contributed by atoms with E-state index < -0.39 is 12.1 Å². The topological polar surface area (TPSA) is 95.9 Å². The quantitative estimate of drug-likeness (QED) is 0.0320. The Kier molecular flexibility index (Phi) is 63.9. The molecular formula is C70H133NO5. The number of esters is 1. The highest BCUT2D eigenvalue weighted by atomic mass is 16.5. The average Bonchev–Trinajstić information content (AvgIpc) is 3.42. The molecule has 0 aliphatic carbocycles. The highest BCUT2D eigenvalue weighted by Crippen LogP contribution is 2.18. The Morgan fingerprint density at radius 3 is 1.01 bits per heavy atom. The number of nitrogens with one attached hydrogen (secondary N) is 1. The van der Waals surface area contributed by atoms with Crippen molar-refractivity contribution >= 4 is 11.9 Å². The highest BCUT2D eigenvalue weighted by molar-refractivity contribution is 5.76. The Bertz CT molecular complexity index is 1230. The monoisotopic (exact) mass is 1070 g/mol. The number of ether oxygens (including phenoxy) is 1. The molecular weight excluding hydrogens is 935 g/mol. The number of hydrogen-bond acceptors (Lipinski definition) is 5. The molecule has 0 rings (SSSR count). The van der Waals surface area contributed by atoms with E-state index in [2.05, 4.69) is 55.6 Å². The Balaban J connectivity index is 3.37. The van der Waals surface area contributed by atoms with Gasteiger partial charge in [-0.3, -0.25) is 9.59 Å². The van der Waals surface area contributed by atoms with Crippen LogP contribution in [0.1, 0.15) is 373 Å². The minimum Gasteiger partial charge on any atom is -0.466 e. The van der Waals surface area contributed by atoms with E-state index in [9.17, 15) is 19.8 Å². The van der Waals surface area contributed by atoms with Crippen molar-refractivity contribution in [2.24, 2.45) is 0 Å². The van der Waals surface area contributed by atoms with Crippen LogP contribution in [0.15, 0.2) is 36.5 Å².